The molecule has 0 fully saturated rings. The summed E-state index contributed by atoms with van der Waals surface area (Å²) in [7, 11) is -4.64. The average molecular weight is 414 g/mol. The van der Waals surface area contributed by atoms with Crippen LogP contribution in [0.1, 0.15) is 51.0 Å². The van der Waals surface area contributed by atoms with E-state index in [4.69, 9.17) is 38.6 Å². The number of rotatable bonds is 7. The Morgan fingerprint density at radius 1 is 1.37 bits per heavy atom. The minimum atomic E-state index is -4.64. The van der Waals surface area contributed by atoms with Crippen LogP contribution in [0.5, 0.6) is 0 Å². The summed E-state index contributed by atoms with van der Waals surface area (Å²) in [5.41, 5.74) is 6.50. The molecule has 1 aliphatic carbocycles. The van der Waals surface area contributed by atoms with E-state index in [-0.39, 0.29) is 19.1 Å². The van der Waals surface area contributed by atoms with Gasteiger partial charge in [-0.15, -0.1) is 0 Å². The van der Waals surface area contributed by atoms with Gasteiger partial charge >= 0.3 is 13.8 Å². The molecular weight excluding hydrogens is 380 g/mol. The maximum absolute atomic E-state index is 12.0. The molecule has 11 heteroatoms. The summed E-state index contributed by atoms with van der Waals surface area (Å²) in [6, 6.07) is -1.39. The lowest BCUT2D eigenvalue weighted by atomic mass is 9.88. The van der Waals surface area contributed by atoms with Crippen molar-refractivity contribution in [2.45, 2.75) is 71.2 Å². The van der Waals surface area contributed by atoms with E-state index in [1.165, 1.54) is 0 Å². The van der Waals surface area contributed by atoms with Gasteiger partial charge in [0.05, 0.1) is 24.9 Å². The van der Waals surface area contributed by atoms with E-state index in [2.05, 4.69) is 5.32 Å². The normalized spacial score (nSPS) is 24.5. The third kappa shape index (κ3) is 11.2. The van der Waals surface area contributed by atoms with Crippen LogP contribution < -0.4 is 11.1 Å². The molecule has 1 amide bonds. The molecule has 6 N–H and O–H groups in total. The zero-order valence-electron chi connectivity index (χ0n) is 18.6. The van der Waals surface area contributed by atoms with Crippen LogP contribution in [0.15, 0.2) is 11.6 Å². The first-order chi connectivity index (χ1) is 13.6. The molecule has 0 aromatic carbocycles. The average Bonchev–Trinajstić information content (AvgIpc) is 2.59. The first kappa shape index (κ1) is 20.4. The standard InChI is InChI=1S/C16H28N2O4.H3O4P/c1-5-12(6-2)22-14-9-11(16(20)21-7-3)8-13(17)15(14)18-10(4)19;1-5(2,3)4/h9,12-15H,5-8,17H2,1-4H3,(H,18,19);(H3,1,2,3,4)/t13-,14+,15+;/m0./s1/i4+1D3;. The SMILES string of the molecule is O=P(O)(O)O.[2H][13C]([2H])([2H])C(=O)N[C@@H]1[C@@H](N)CC(C(=O)OCC)=C[C@H]1OC(CC)CC. The number of phosphoric acid groups is 1. The highest BCUT2D eigenvalue weighted by Gasteiger charge is 2.35. The number of nitrogens with one attached hydrogen (secondary N) is 1. The molecule has 10 nitrogen and oxygen atoms in total. The van der Waals surface area contributed by atoms with Crippen LogP contribution in [0.2, 0.25) is 0 Å². The van der Waals surface area contributed by atoms with Gasteiger partial charge in [0.1, 0.15) is 0 Å². The Hall–Kier alpha value is -1.29. The molecule has 0 bridgehead atoms. The number of nitrogens with two attached hydrogens (primary N) is 1. The van der Waals surface area contributed by atoms with Crippen molar-refractivity contribution >= 4 is 19.7 Å². The second kappa shape index (κ2) is 12.2. The quantitative estimate of drug-likeness (QED) is 0.224. The van der Waals surface area contributed by atoms with Crippen LogP contribution in [0.4, 0.5) is 0 Å². The number of carbonyl (C=O) groups is 2. The first-order valence-electron chi connectivity index (χ1n) is 10.0. The van der Waals surface area contributed by atoms with Gasteiger partial charge < -0.3 is 35.2 Å². The zero-order valence-corrected chi connectivity index (χ0v) is 16.5. The summed E-state index contributed by atoms with van der Waals surface area (Å²) in [5, 5.41) is 2.46. The topological polar surface area (TPSA) is 168 Å². The molecule has 0 aromatic heterocycles. The summed E-state index contributed by atoms with van der Waals surface area (Å²) < 4.78 is 41.5. The lowest BCUT2D eigenvalue weighted by Crippen LogP contribution is -2.57. The Morgan fingerprint density at radius 2 is 1.93 bits per heavy atom. The molecule has 3 atom stereocenters. The monoisotopic (exact) mass is 414 g/mol. The Balaban J connectivity index is 0.00000150. The lowest BCUT2D eigenvalue weighted by Gasteiger charge is -2.36. The summed E-state index contributed by atoms with van der Waals surface area (Å²) in [6.45, 7) is 3.09. The van der Waals surface area contributed by atoms with E-state index in [9.17, 15) is 9.59 Å². The van der Waals surface area contributed by atoms with Gasteiger partial charge in [0, 0.05) is 22.6 Å². The fourth-order valence-corrected chi connectivity index (χ4v) is 2.54. The van der Waals surface area contributed by atoms with Crippen LogP contribution in [-0.4, -0.2) is 57.5 Å². The highest BCUT2D eigenvalue weighted by Crippen LogP contribution is 2.26. The maximum atomic E-state index is 12.0. The van der Waals surface area contributed by atoms with Crippen molar-refractivity contribution in [3.05, 3.63) is 11.6 Å². The fourth-order valence-electron chi connectivity index (χ4n) is 2.54. The highest BCUT2D eigenvalue weighted by atomic mass is 31.2. The van der Waals surface area contributed by atoms with Crippen LogP contribution in [0.3, 0.4) is 0 Å². The zero-order chi connectivity index (χ0) is 23.7. The number of amides is 1. The van der Waals surface area contributed by atoms with Crippen molar-refractivity contribution in [3.63, 3.8) is 0 Å². The molecule has 1 aliphatic rings. The van der Waals surface area contributed by atoms with Gasteiger partial charge in [-0.2, -0.15) is 0 Å². The Bertz CT molecular complexity index is 641. The van der Waals surface area contributed by atoms with Gasteiger partial charge in [-0.25, -0.2) is 9.36 Å². The van der Waals surface area contributed by atoms with Crippen molar-refractivity contribution < 1.29 is 42.4 Å². The van der Waals surface area contributed by atoms with E-state index in [1.807, 2.05) is 13.8 Å². The van der Waals surface area contributed by atoms with Gasteiger partial charge in [0.25, 0.3) is 0 Å². The van der Waals surface area contributed by atoms with E-state index >= 15 is 0 Å². The third-order valence-corrected chi connectivity index (χ3v) is 3.73. The molecule has 0 unspecified atom stereocenters. The second-order valence-electron chi connectivity index (χ2n) is 5.83. The maximum Gasteiger partial charge on any atom is 0.466 e. The van der Waals surface area contributed by atoms with Crippen molar-refractivity contribution in [1.82, 2.24) is 5.32 Å². The molecule has 158 valence electrons. The number of esters is 1. The van der Waals surface area contributed by atoms with E-state index in [0.29, 0.717) is 5.57 Å². The van der Waals surface area contributed by atoms with Gasteiger partial charge in [0.2, 0.25) is 5.91 Å². The number of ether oxygens (including phenoxy) is 2. The first-order valence-corrected chi connectivity index (χ1v) is 10.1. The van der Waals surface area contributed by atoms with Gasteiger partial charge in [-0.1, -0.05) is 13.8 Å². The summed E-state index contributed by atoms with van der Waals surface area (Å²) in [5.74, 6) is -1.56. The molecule has 0 spiro atoms. The largest absolute Gasteiger partial charge is 0.466 e. The molecule has 0 heterocycles. The molecule has 0 aliphatic heterocycles. The molecule has 0 saturated heterocycles. The fraction of sp³-hybridized carbons (Fsp3) is 0.750. The molecule has 27 heavy (non-hydrogen) atoms. The van der Waals surface area contributed by atoms with Crippen LogP contribution >= 0.6 is 7.82 Å². The van der Waals surface area contributed by atoms with Gasteiger partial charge in [0.15, 0.2) is 0 Å². The molecule has 0 radical (unpaired) electrons. The molecular formula is C16H31N2O8P. The lowest BCUT2D eigenvalue weighted by molar-refractivity contribution is -0.139. The third-order valence-electron chi connectivity index (χ3n) is 3.73. The van der Waals surface area contributed by atoms with Crippen molar-refractivity contribution in [1.29, 1.82) is 0 Å². The minimum absolute atomic E-state index is 0.0952. The number of hydrogen-bond donors (Lipinski definition) is 5. The van der Waals surface area contributed by atoms with Crippen LogP contribution in [0.25, 0.3) is 0 Å². The van der Waals surface area contributed by atoms with Crippen LogP contribution in [0, 0.1) is 0 Å². The van der Waals surface area contributed by atoms with Gasteiger partial charge in [-0.05, 0) is 32.3 Å². The smallest absolute Gasteiger partial charge is 0.463 e. The van der Waals surface area contributed by atoms with Crippen molar-refractivity contribution in [2.24, 2.45) is 5.73 Å². The van der Waals surface area contributed by atoms with Gasteiger partial charge in [-0.3, -0.25) is 4.79 Å². The Kier molecular flexibility index (Phi) is 9.26. The summed E-state index contributed by atoms with van der Waals surface area (Å²) in [4.78, 5) is 45.5. The van der Waals surface area contributed by atoms with Crippen molar-refractivity contribution in [2.75, 3.05) is 6.61 Å². The van der Waals surface area contributed by atoms with E-state index in [0.717, 1.165) is 12.8 Å². The predicted molar refractivity (Wildman–Crippen MR) is 98.4 cm³/mol. The van der Waals surface area contributed by atoms with E-state index in [1.54, 1.807) is 13.0 Å². The molecule has 0 saturated carbocycles. The highest BCUT2D eigenvalue weighted by molar-refractivity contribution is 7.45. The minimum Gasteiger partial charge on any atom is -0.463 e. The van der Waals surface area contributed by atoms with Crippen LogP contribution in [-0.2, 0) is 23.6 Å². The number of hydrogen-bond acceptors (Lipinski definition) is 6. The second-order valence-corrected chi connectivity index (χ2v) is 6.86. The number of carbonyl (C=O) groups excluding carboxylic acids is 2. The van der Waals surface area contributed by atoms with Crippen molar-refractivity contribution in [3.8, 4) is 0 Å². The summed E-state index contributed by atoms with van der Waals surface area (Å²) in [6.07, 6.45) is 2.45. The van der Waals surface area contributed by atoms with E-state index < -0.39 is 44.7 Å². The Labute approximate surface area is 163 Å². The summed E-state index contributed by atoms with van der Waals surface area (Å²) >= 11 is 0. The Morgan fingerprint density at radius 3 is 2.37 bits per heavy atom. The molecule has 1 rings (SSSR count). The predicted octanol–water partition coefficient (Wildman–Crippen LogP) is 0.357. The molecule has 0 aromatic rings.